The van der Waals surface area contributed by atoms with Gasteiger partial charge in [-0.1, -0.05) is 18.2 Å². The van der Waals surface area contributed by atoms with E-state index in [1.54, 1.807) is 0 Å². The van der Waals surface area contributed by atoms with Crippen molar-refractivity contribution >= 4 is 28.1 Å². The third-order valence-corrected chi connectivity index (χ3v) is 3.40. The number of nitrogens with zero attached hydrogens (tertiary/aromatic N) is 3. The molecule has 4 nitrogen and oxygen atoms in total. The molecule has 0 aliphatic heterocycles. The van der Waals surface area contributed by atoms with E-state index in [1.807, 2.05) is 66.5 Å². The molecule has 3 aromatic rings. The number of fused-ring (bicyclic) bond motifs is 1. The minimum Gasteiger partial charge on any atom is -0.399 e. The standard InChI is InChI=1S/C17H14N4/c1-21(15-5-3-2-4-6-15)17-13(11-18)9-12-10-14(19)7-8-16(12)20-17/h2-10H,19H2,1H3. The highest BCUT2D eigenvalue weighted by Crippen LogP contribution is 2.28. The quantitative estimate of drug-likeness (QED) is 0.727. The number of para-hydroxylation sites is 1. The molecule has 3 rings (SSSR count). The van der Waals surface area contributed by atoms with Crippen LogP contribution in [0, 0.1) is 11.3 Å². The summed E-state index contributed by atoms with van der Waals surface area (Å²) >= 11 is 0. The number of nitriles is 1. The molecule has 0 spiro atoms. The molecule has 0 saturated carbocycles. The fraction of sp³-hybridized carbons (Fsp3) is 0.0588. The Bertz CT molecular complexity index is 835. The highest BCUT2D eigenvalue weighted by atomic mass is 15.2. The molecule has 2 aromatic carbocycles. The first kappa shape index (κ1) is 12.9. The molecule has 4 heteroatoms. The molecule has 0 unspecified atom stereocenters. The average molecular weight is 274 g/mol. The Labute approximate surface area is 123 Å². The van der Waals surface area contributed by atoms with Crippen molar-refractivity contribution < 1.29 is 0 Å². The summed E-state index contributed by atoms with van der Waals surface area (Å²) in [5.74, 6) is 0.640. The smallest absolute Gasteiger partial charge is 0.151 e. The number of benzene rings is 2. The summed E-state index contributed by atoms with van der Waals surface area (Å²) in [7, 11) is 1.90. The van der Waals surface area contributed by atoms with Crippen molar-refractivity contribution in [3.8, 4) is 6.07 Å². The van der Waals surface area contributed by atoms with Crippen molar-refractivity contribution in [2.75, 3.05) is 17.7 Å². The molecule has 0 aliphatic rings. The van der Waals surface area contributed by atoms with Gasteiger partial charge in [-0.15, -0.1) is 0 Å². The number of pyridine rings is 1. The molecule has 0 aliphatic carbocycles. The van der Waals surface area contributed by atoms with Crippen LogP contribution in [0.4, 0.5) is 17.2 Å². The van der Waals surface area contributed by atoms with E-state index >= 15 is 0 Å². The summed E-state index contributed by atoms with van der Waals surface area (Å²) in [5, 5.41) is 10.3. The molecular formula is C17H14N4. The van der Waals surface area contributed by atoms with Crippen LogP contribution in [-0.4, -0.2) is 12.0 Å². The molecule has 21 heavy (non-hydrogen) atoms. The van der Waals surface area contributed by atoms with Crippen LogP contribution >= 0.6 is 0 Å². The van der Waals surface area contributed by atoms with Gasteiger partial charge in [-0.3, -0.25) is 0 Å². The molecule has 0 radical (unpaired) electrons. The van der Waals surface area contributed by atoms with E-state index < -0.39 is 0 Å². The van der Waals surface area contributed by atoms with Gasteiger partial charge in [0.05, 0.1) is 11.1 Å². The average Bonchev–Trinajstić information content (AvgIpc) is 2.53. The summed E-state index contributed by atoms with van der Waals surface area (Å²) in [6.45, 7) is 0. The highest BCUT2D eigenvalue weighted by molar-refractivity contribution is 5.86. The molecule has 1 aromatic heterocycles. The van der Waals surface area contributed by atoms with Crippen molar-refractivity contribution in [3.63, 3.8) is 0 Å². The number of rotatable bonds is 2. The second-order valence-corrected chi connectivity index (χ2v) is 4.82. The van der Waals surface area contributed by atoms with Gasteiger partial charge in [0.1, 0.15) is 6.07 Å². The van der Waals surface area contributed by atoms with E-state index in [9.17, 15) is 5.26 Å². The van der Waals surface area contributed by atoms with Gasteiger partial charge in [-0.2, -0.15) is 5.26 Å². The molecule has 1 heterocycles. The van der Waals surface area contributed by atoms with E-state index in [2.05, 4.69) is 11.1 Å². The number of nitrogens with two attached hydrogens (primary N) is 1. The number of aromatic nitrogens is 1. The van der Waals surface area contributed by atoms with E-state index in [0.717, 1.165) is 16.6 Å². The van der Waals surface area contributed by atoms with Gasteiger partial charge >= 0.3 is 0 Å². The molecule has 102 valence electrons. The van der Waals surface area contributed by atoms with Gasteiger partial charge in [-0.25, -0.2) is 4.98 Å². The monoisotopic (exact) mass is 274 g/mol. The van der Waals surface area contributed by atoms with Crippen LogP contribution in [0.5, 0.6) is 0 Å². The maximum Gasteiger partial charge on any atom is 0.151 e. The first-order chi connectivity index (χ1) is 10.2. The zero-order valence-corrected chi connectivity index (χ0v) is 11.6. The second-order valence-electron chi connectivity index (χ2n) is 4.82. The Hall–Kier alpha value is -3.06. The summed E-state index contributed by atoms with van der Waals surface area (Å²) in [6.07, 6.45) is 0. The fourth-order valence-electron chi connectivity index (χ4n) is 2.30. The van der Waals surface area contributed by atoms with Gasteiger partial charge in [0.25, 0.3) is 0 Å². The number of anilines is 3. The highest BCUT2D eigenvalue weighted by Gasteiger charge is 2.12. The van der Waals surface area contributed by atoms with Crippen molar-refractivity contribution in [2.45, 2.75) is 0 Å². The lowest BCUT2D eigenvalue weighted by molar-refractivity contribution is 1.14. The number of hydrogen-bond donors (Lipinski definition) is 1. The maximum atomic E-state index is 9.40. The molecule has 2 N–H and O–H groups in total. The van der Waals surface area contributed by atoms with Gasteiger partial charge in [0.15, 0.2) is 5.82 Å². The Morgan fingerprint density at radius 1 is 1.10 bits per heavy atom. The largest absolute Gasteiger partial charge is 0.399 e. The van der Waals surface area contributed by atoms with Crippen LogP contribution in [0.15, 0.2) is 54.6 Å². The van der Waals surface area contributed by atoms with Crippen molar-refractivity contribution in [1.82, 2.24) is 4.98 Å². The number of hydrogen-bond acceptors (Lipinski definition) is 4. The molecular weight excluding hydrogens is 260 g/mol. The topological polar surface area (TPSA) is 65.9 Å². The van der Waals surface area contributed by atoms with Crippen LogP contribution in [0.3, 0.4) is 0 Å². The predicted octanol–water partition coefficient (Wildman–Crippen LogP) is 3.46. The van der Waals surface area contributed by atoms with Crippen LogP contribution < -0.4 is 10.6 Å². The van der Waals surface area contributed by atoms with Crippen molar-refractivity contribution in [2.24, 2.45) is 0 Å². The fourth-order valence-corrected chi connectivity index (χ4v) is 2.30. The minimum atomic E-state index is 0.527. The van der Waals surface area contributed by atoms with Crippen molar-refractivity contribution in [3.05, 3.63) is 60.2 Å². The zero-order chi connectivity index (χ0) is 14.8. The lowest BCUT2D eigenvalue weighted by atomic mass is 10.1. The molecule has 0 bridgehead atoms. The molecule has 0 atom stereocenters. The lowest BCUT2D eigenvalue weighted by Crippen LogP contribution is -2.13. The summed E-state index contributed by atoms with van der Waals surface area (Å²) in [6, 6.07) is 19.4. The maximum absolute atomic E-state index is 9.40. The van der Waals surface area contributed by atoms with Gasteiger partial charge in [0, 0.05) is 23.8 Å². The number of nitrogen functional groups attached to an aromatic ring is 1. The lowest BCUT2D eigenvalue weighted by Gasteiger charge is -2.20. The third-order valence-electron chi connectivity index (χ3n) is 3.40. The second kappa shape index (κ2) is 5.14. The predicted molar refractivity (Wildman–Crippen MR) is 85.4 cm³/mol. The zero-order valence-electron chi connectivity index (χ0n) is 11.6. The first-order valence-electron chi connectivity index (χ1n) is 6.58. The van der Waals surface area contributed by atoms with Crippen LogP contribution in [0.2, 0.25) is 0 Å². The molecule has 0 fully saturated rings. The summed E-state index contributed by atoms with van der Waals surface area (Å²) < 4.78 is 0. The molecule has 0 saturated heterocycles. The Morgan fingerprint density at radius 3 is 2.57 bits per heavy atom. The normalized spacial score (nSPS) is 10.3. The molecule has 0 amide bonds. The van der Waals surface area contributed by atoms with Crippen LogP contribution in [-0.2, 0) is 0 Å². The van der Waals surface area contributed by atoms with E-state index in [0.29, 0.717) is 17.1 Å². The van der Waals surface area contributed by atoms with Gasteiger partial charge in [-0.05, 0) is 36.4 Å². The first-order valence-corrected chi connectivity index (χ1v) is 6.58. The Balaban J connectivity index is 2.18. The van der Waals surface area contributed by atoms with E-state index in [1.165, 1.54) is 0 Å². The van der Waals surface area contributed by atoms with Gasteiger partial charge in [0.2, 0.25) is 0 Å². The van der Waals surface area contributed by atoms with Crippen LogP contribution in [0.1, 0.15) is 5.56 Å². The van der Waals surface area contributed by atoms with Crippen LogP contribution in [0.25, 0.3) is 10.9 Å². The van der Waals surface area contributed by atoms with Crippen molar-refractivity contribution in [1.29, 1.82) is 5.26 Å². The Morgan fingerprint density at radius 2 is 1.86 bits per heavy atom. The van der Waals surface area contributed by atoms with E-state index in [-0.39, 0.29) is 0 Å². The summed E-state index contributed by atoms with van der Waals surface area (Å²) in [4.78, 5) is 6.52. The Kier molecular flexibility index (Phi) is 3.17. The summed E-state index contributed by atoms with van der Waals surface area (Å²) in [5.41, 5.74) is 8.78. The third kappa shape index (κ3) is 2.37. The minimum absolute atomic E-state index is 0.527. The van der Waals surface area contributed by atoms with Gasteiger partial charge < -0.3 is 10.6 Å². The van der Waals surface area contributed by atoms with E-state index in [4.69, 9.17) is 5.73 Å². The SMILES string of the molecule is CN(c1ccccc1)c1nc2ccc(N)cc2cc1C#N.